The molecule has 0 radical (unpaired) electrons. The molecule has 0 spiro atoms. The fourth-order valence-electron chi connectivity index (χ4n) is 3.29. The van der Waals surface area contributed by atoms with Crippen LogP contribution in [0.25, 0.3) is 16.5 Å². The maximum absolute atomic E-state index is 5.92. The van der Waals surface area contributed by atoms with Crippen LogP contribution in [0, 0.1) is 6.92 Å². The molecule has 0 saturated carbocycles. The monoisotopic (exact) mass is 424 g/mol. The van der Waals surface area contributed by atoms with Crippen LogP contribution in [-0.2, 0) is 12.2 Å². The highest BCUT2D eigenvalue weighted by Crippen LogP contribution is 2.32. The lowest BCUT2D eigenvalue weighted by Crippen LogP contribution is -2.01. The number of aryl methyl sites for hydroxylation is 2. The number of benzene rings is 1. The Kier molecular flexibility index (Phi) is 5.87. The van der Waals surface area contributed by atoms with Crippen molar-refractivity contribution < 1.29 is 4.42 Å². The van der Waals surface area contributed by atoms with Gasteiger partial charge in [0.1, 0.15) is 0 Å². The van der Waals surface area contributed by atoms with Crippen molar-refractivity contribution in [3.8, 4) is 16.5 Å². The minimum Gasteiger partial charge on any atom is -0.419 e. The third kappa shape index (κ3) is 4.16. The van der Waals surface area contributed by atoms with Crippen molar-refractivity contribution in [2.45, 2.75) is 50.9 Å². The third-order valence-electron chi connectivity index (χ3n) is 4.77. The minimum absolute atomic E-state index is 0.437. The summed E-state index contributed by atoms with van der Waals surface area (Å²) in [5.74, 6) is 2.23. The molecule has 5 nitrogen and oxygen atoms in total. The molecule has 29 heavy (non-hydrogen) atoms. The van der Waals surface area contributed by atoms with E-state index in [2.05, 4.69) is 77.8 Å². The van der Waals surface area contributed by atoms with Crippen LogP contribution in [0.1, 0.15) is 48.6 Å². The number of imidazole rings is 1. The number of hydrogen-bond donors (Lipinski definition) is 0. The molecule has 4 rings (SSSR count). The summed E-state index contributed by atoms with van der Waals surface area (Å²) in [7, 11) is 0. The van der Waals surface area contributed by atoms with Crippen LogP contribution >= 0.6 is 23.1 Å². The smallest absolute Gasteiger partial charge is 0.257 e. The Hall–Kier alpha value is -2.38. The van der Waals surface area contributed by atoms with E-state index in [0.717, 1.165) is 22.1 Å². The van der Waals surface area contributed by atoms with Gasteiger partial charge >= 0.3 is 0 Å². The van der Waals surface area contributed by atoms with E-state index >= 15 is 0 Å². The molecule has 0 aliphatic heterocycles. The summed E-state index contributed by atoms with van der Waals surface area (Å²) < 4.78 is 8.05. The van der Waals surface area contributed by atoms with E-state index in [1.807, 2.05) is 12.4 Å². The highest BCUT2D eigenvalue weighted by atomic mass is 32.2. The summed E-state index contributed by atoms with van der Waals surface area (Å²) in [5.41, 5.74) is 3.74. The first-order valence-corrected chi connectivity index (χ1v) is 11.5. The number of para-hydroxylation sites is 1. The maximum Gasteiger partial charge on any atom is 0.257 e. The van der Waals surface area contributed by atoms with E-state index in [1.54, 1.807) is 23.1 Å². The molecule has 0 fully saturated rings. The molecule has 3 aromatic heterocycles. The van der Waals surface area contributed by atoms with E-state index in [0.29, 0.717) is 23.5 Å². The van der Waals surface area contributed by atoms with Gasteiger partial charge in [-0.1, -0.05) is 50.7 Å². The summed E-state index contributed by atoms with van der Waals surface area (Å²) >= 11 is 3.33. The van der Waals surface area contributed by atoms with Crippen molar-refractivity contribution >= 4 is 23.1 Å². The number of aromatic nitrogens is 4. The Labute approximate surface area is 179 Å². The fourth-order valence-corrected chi connectivity index (χ4v) is 5.13. The summed E-state index contributed by atoms with van der Waals surface area (Å²) in [6.07, 6.45) is 4.86. The van der Waals surface area contributed by atoms with Gasteiger partial charge in [0.15, 0.2) is 5.16 Å². The van der Waals surface area contributed by atoms with Gasteiger partial charge in [-0.2, -0.15) is 0 Å². The van der Waals surface area contributed by atoms with Crippen molar-refractivity contribution in [2.75, 3.05) is 0 Å². The summed E-state index contributed by atoms with van der Waals surface area (Å²) in [6, 6.07) is 10.6. The Morgan fingerprint density at radius 1 is 1.21 bits per heavy atom. The lowest BCUT2D eigenvalue weighted by molar-refractivity contribution is 0.529. The molecule has 0 unspecified atom stereocenters. The molecule has 1 aromatic carbocycles. The Balaban J connectivity index is 1.52. The van der Waals surface area contributed by atoms with Crippen LogP contribution in [0.5, 0.6) is 0 Å². The molecular weight excluding hydrogens is 400 g/mol. The molecule has 0 aliphatic rings. The molecular formula is C22H24N4OS2. The van der Waals surface area contributed by atoms with Gasteiger partial charge in [-0.15, -0.1) is 21.5 Å². The lowest BCUT2D eigenvalue weighted by Gasteiger charge is -2.14. The zero-order chi connectivity index (χ0) is 20.4. The molecule has 3 heterocycles. The Morgan fingerprint density at radius 2 is 2.03 bits per heavy atom. The topological polar surface area (TPSA) is 56.7 Å². The number of rotatable bonds is 7. The zero-order valence-corrected chi connectivity index (χ0v) is 18.7. The maximum atomic E-state index is 5.92. The normalized spacial score (nSPS) is 11.5. The molecule has 0 amide bonds. The highest BCUT2D eigenvalue weighted by Gasteiger charge is 2.16. The van der Waals surface area contributed by atoms with E-state index in [4.69, 9.17) is 4.42 Å². The van der Waals surface area contributed by atoms with Crippen molar-refractivity contribution in [1.82, 2.24) is 19.7 Å². The van der Waals surface area contributed by atoms with Crippen LogP contribution in [0.2, 0.25) is 0 Å². The molecule has 0 aliphatic carbocycles. The predicted molar refractivity (Wildman–Crippen MR) is 119 cm³/mol. The number of hydrogen-bond acceptors (Lipinski definition) is 6. The number of thiophene rings is 1. The van der Waals surface area contributed by atoms with E-state index in [1.165, 1.54) is 16.0 Å². The van der Waals surface area contributed by atoms with Crippen molar-refractivity contribution in [3.05, 3.63) is 64.6 Å². The predicted octanol–water partition coefficient (Wildman–Crippen LogP) is 6.27. The average Bonchev–Trinajstić information content (AvgIpc) is 3.45. The van der Waals surface area contributed by atoms with E-state index in [-0.39, 0.29) is 0 Å². The zero-order valence-electron chi connectivity index (χ0n) is 17.0. The van der Waals surface area contributed by atoms with Gasteiger partial charge in [0.25, 0.3) is 5.89 Å². The summed E-state index contributed by atoms with van der Waals surface area (Å²) in [5, 5.41) is 9.40. The minimum atomic E-state index is 0.437. The first kappa shape index (κ1) is 19.9. The van der Waals surface area contributed by atoms with Crippen LogP contribution in [-0.4, -0.2) is 19.7 Å². The average molecular weight is 425 g/mol. The standard InChI is InChI=1S/C22H24N4OS2/c1-5-18-15(4)12-19(29-18)21-25-24-20(27-21)13-28-22-23-10-11-26(22)17-9-7-6-8-16(17)14(2)3/h6-12,14H,5,13H2,1-4H3. The second kappa shape index (κ2) is 8.55. The first-order valence-electron chi connectivity index (χ1n) is 9.74. The summed E-state index contributed by atoms with van der Waals surface area (Å²) in [4.78, 5) is 6.94. The largest absolute Gasteiger partial charge is 0.419 e. The second-order valence-corrected chi connectivity index (χ2v) is 9.23. The number of nitrogens with zero attached hydrogens (tertiary/aromatic N) is 4. The molecule has 0 saturated heterocycles. The van der Waals surface area contributed by atoms with Crippen molar-refractivity contribution in [1.29, 1.82) is 0 Å². The molecule has 0 atom stereocenters. The van der Waals surface area contributed by atoms with Gasteiger partial charge < -0.3 is 4.42 Å². The van der Waals surface area contributed by atoms with Crippen LogP contribution < -0.4 is 0 Å². The second-order valence-electron chi connectivity index (χ2n) is 7.15. The Morgan fingerprint density at radius 3 is 2.79 bits per heavy atom. The Bertz CT molecular complexity index is 1110. The van der Waals surface area contributed by atoms with Gasteiger partial charge in [-0.05, 0) is 42.5 Å². The molecule has 0 bridgehead atoms. The molecule has 150 valence electrons. The van der Waals surface area contributed by atoms with Crippen LogP contribution in [0.15, 0.2) is 52.3 Å². The summed E-state index contributed by atoms with van der Waals surface area (Å²) in [6.45, 7) is 8.70. The quantitative estimate of drug-likeness (QED) is 0.327. The van der Waals surface area contributed by atoms with E-state index < -0.39 is 0 Å². The first-order chi connectivity index (χ1) is 14.1. The fraction of sp³-hybridized carbons (Fsp3) is 0.318. The SMILES string of the molecule is CCc1sc(-c2nnc(CSc3nccn3-c3ccccc3C(C)C)o2)cc1C. The van der Waals surface area contributed by atoms with E-state index in [9.17, 15) is 0 Å². The van der Waals surface area contributed by atoms with Gasteiger partial charge in [0, 0.05) is 17.3 Å². The van der Waals surface area contributed by atoms with Crippen molar-refractivity contribution in [3.63, 3.8) is 0 Å². The van der Waals surface area contributed by atoms with Gasteiger partial charge in [0.05, 0.1) is 16.3 Å². The van der Waals surface area contributed by atoms with Crippen LogP contribution in [0.3, 0.4) is 0 Å². The molecule has 7 heteroatoms. The van der Waals surface area contributed by atoms with Gasteiger partial charge in [-0.25, -0.2) is 4.98 Å². The lowest BCUT2D eigenvalue weighted by atomic mass is 10.0. The van der Waals surface area contributed by atoms with Crippen LogP contribution in [0.4, 0.5) is 0 Å². The number of thioether (sulfide) groups is 1. The third-order valence-corrected chi connectivity index (χ3v) is 7.09. The van der Waals surface area contributed by atoms with Gasteiger partial charge in [0.2, 0.25) is 5.89 Å². The highest BCUT2D eigenvalue weighted by molar-refractivity contribution is 7.98. The molecule has 0 N–H and O–H groups in total. The van der Waals surface area contributed by atoms with Gasteiger partial charge in [-0.3, -0.25) is 4.57 Å². The van der Waals surface area contributed by atoms with Crippen molar-refractivity contribution in [2.24, 2.45) is 0 Å². The molecule has 4 aromatic rings.